The van der Waals surface area contributed by atoms with Gasteiger partial charge in [0.2, 0.25) is 5.91 Å². The second-order valence-electron chi connectivity index (χ2n) is 4.38. The zero-order valence-electron chi connectivity index (χ0n) is 9.97. The first-order valence-electron chi connectivity index (χ1n) is 5.88. The Labute approximate surface area is 106 Å². The van der Waals surface area contributed by atoms with Gasteiger partial charge in [0.1, 0.15) is 6.07 Å². The van der Waals surface area contributed by atoms with Gasteiger partial charge in [-0.2, -0.15) is 5.26 Å². The van der Waals surface area contributed by atoms with Gasteiger partial charge in [0.05, 0.1) is 23.9 Å². The van der Waals surface area contributed by atoms with E-state index in [-0.39, 0.29) is 18.6 Å². The number of nitriles is 1. The van der Waals surface area contributed by atoms with Crippen LogP contribution in [0, 0.1) is 11.3 Å². The van der Waals surface area contributed by atoms with Gasteiger partial charge < -0.3 is 10.4 Å². The van der Waals surface area contributed by atoms with Crippen LogP contribution in [0.2, 0.25) is 0 Å². The molecule has 5 nitrogen and oxygen atoms in total. The molecule has 0 saturated carbocycles. The van der Waals surface area contributed by atoms with E-state index < -0.39 is 0 Å². The molecule has 1 atom stereocenters. The number of nitrogens with zero attached hydrogens (tertiary/aromatic N) is 2. The molecule has 18 heavy (non-hydrogen) atoms. The van der Waals surface area contributed by atoms with Crippen molar-refractivity contribution in [1.82, 2.24) is 4.90 Å². The smallest absolute Gasteiger partial charge is 0.238 e. The summed E-state index contributed by atoms with van der Waals surface area (Å²) in [6, 6.07) is 8.93. The van der Waals surface area contributed by atoms with E-state index in [0.717, 1.165) is 6.54 Å². The van der Waals surface area contributed by atoms with Gasteiger partial charge in [-0.25, -0.2) is 0 Å². The first-order chi connectivity index (χ1) is 8.69. The van der Waals surface area contributed by atoms with Crippen molar-refractivity contribution in [2.75, 3.05) is 25.0 Å². The standard InChI is InChI=1S/C13H15N3O2/c14-7-10-3-1-2-4-12(10)15-13(18)9-16-6-5-11(17)8-16/h1-4,11,17H,5-6,8-9H2,(H,15,18)/t11-/m0/s1. The van der Waals surface area contributed by atoms with Gasteiger partial charge in [-0.3, -0.25) is 9.69 Å². The SMILES string of the molecule is N#Cc1ccccc1NC(=O)CN1CC[C@H](O)C1. The Morgan fingerprint density at radius 1 is 1.56 bits per heavy atom. The third-order valence-electron chi connectivity index (χ3n) is 2.94. The Balaban J connectivity index is 1.93. The van der Waals surface area contributed by atoms with Crippen LogP contribution in [0.25, 0.3) is 0 Å². The van der Waals surface area contributed by atoms with Crippen molar-refractivity contribution >= 4 is 11.6 Å². The summed E-state index contributed by atoms with van der Waals surface area (Å²) in [6.45, 7) is 1.51. The molecule has 0 unspecified atom stereocenters. The van der Waals surface area contributed by atoms with Crippen LogP contribution >= 0.6 is 0 Å². The normalized spacial score (nSPS) is 19.4. The molecule has 5 heteroatoms. The third-order valence-corrected chi connectivity index (χ3v) is 2.94. The molecular formula is C13H15N3O2. The maximum Gasteiger partial charge on any atom is 0.238 e. The first-order valence-corrected chi connectivity index (χ1v) is 5.88. The van der Waals surface area contributed by atoms with Crippen molar-refractivity contribution in [2.24, 2.45) is 0 Å². The lowest BCUT2D eigenvalue weighted by atomic mass is 10.2. The lowest BCUT2D eigenvalue weighted by molar-refractivity contribution is -0.117. The van der Waals surface area contributed by atoms with Crippen molar-refractivity contribution < 1.29 is 9.90 Å². The lowest BCUT2D eigenvalue weighted by Gasteiger charge is -2.14. The van der Waals surface area contributed by atoms with Gasteiger partial charge >= 0.3 is 0 Å². The van der Waals surface area contributed by atoms with Gasteiger partial charge in [0.25, 0.3) is 0 Å². The highest BCUT2D eigenvalue weighted by atomic mass is 16.3. The maximum absolute atomic E-state index is 11.8. The predicted octanol–water partition coefficient (Wildman–Crippen LogP) is 0.563. The van der Waals surface area contributed by atoms with Crippen molar-refractivity contribution in [1.29, 1.82) is 5.26 Å². The number of hydrogen-bond acceptors (Lipinski definition) is 4. The van der Waals surface area contributed by atoms with Crippen LogP contribution in [-0.4, -0.2) is 41.7 Å². The minimum Gasteiger partial charge on any atom is -0.392 e. The maximum atomic E-state index is 11.8. The molecule has 2 N–H and O–H groups in total. The minimum absolute atomic E-state index is 0.160. The second-order valence-corrected chi connectivity index (χ2v) is 4.38. The number of amides is 1. The zero-order chi connectivity index (χ0) is 13.0. The van der Waals surface area contributed by atoms with Crippen molar-refractivity contribution in [3.8, 4) is 6.07 Å². The molecule has 1 heterocycles. The van der Waals surface area contributed by atoms with Crippen LogP contribution in [0.1, 0.15) is 12.0 Å². The number of anilines is 1. The monoisotopic (exact) mass is 245 g/mol. The Morgan fingerprint density at radius 3 is 3.00 bits per heavy atom. The highest BCUT2D eigenvalue weighted by Gasteiger charge is 2.22. The van der Waals surface area contributed by atoms with E-state index in [9.17, 15) is 9.90 Å². The van der Waals surface area contributed by atoms with Crippen LogP contribution < -0.4 is 5.32 Å². The number of benzene rings is 1. The van der Waals surface area contributed by atoms with Gasteiger partial charge in [-0.05, 0) is 18.6 Å². The van der Waals surface area contributed by atoms with E-state index in [4.69, 9.17) is 5.26 Å². The van der Waals surface area contributed by atoms with Gasteiger partial charge in [0, 0.05) is 13.1 Å². The number of hydrogen-bond donors (Lipinski definition) is 2. The van der Waals surface area contributed by atoms with Crippen molar-refractivity contribution in [3.63, 3.8) is 0 Å². The van der Waals surface area contributed by atoms with E-state index >= 15 is 0 Å². The molecule has 1 aromatic rings. The summed E-state index contributed by atoms with van der Waals surface area (Å²) in [6.07, 6.45) is 0.381. The molecule has 94 valence electrons. The fourth-order valence-corrected chi connectivity index (χ4v) is 2.04. The molecule has 1 aromatic carbocycles. The van der Waals surface area contributed by atoms with E-state index in [1.807, 2.05) is 11.0 Å². The Bertz CT molecular complexity index is 481. The molecule has 2 rings (SSSR count). The van der Waals surface area contributed by atoms with Crippen LogP contribution in [0.3, 0.4) is 0 Å². The van der Waals surface area contributed by atoms with Crippen LogP contribution in [0.15, 0.2) is 24.3 Å². The molecule has 0 spiro atoms. The Kier molecular flexibility index (Phi) is 3.92. The highest BCUT2D eigenvalue weighted by molar-refractivity contribution is 5.93. The highest BCUT2D eigenvalue weighted by Crippen LogP contribution is 2.14. The summed E-state index contributed by atoms with van der Waals surface area (Å²) in [5, 5.41) is 21.0. The third kappa shape index (κ3) is 3.06. The molecule has 1 aliphatic rings. The summed E-state index contributed by atoms with van der Waals surface area (Å²) in [5.74, 6) is -0.160. The van der Waals surface area contributed by atoms with Crippen LogP contribution in [-0.2, 0) is 4.79 Å². The number of carbonyl (C=O) groups excluding carboxylic acids is 1. The fourth-order valence-electron chi connectivity index (χ4n) is 2.04. The summed E-state index contributed by atoms with van der Waals surface area (Å²) < 4.78 is 0. The van der Waals surface area contributed by atoms with Crippen LogP contribution in [0.4, 0.5) is 5.69 Å². The predicted molar refractivity (Wildman–Crippen MR) is 66.9 cm³/mol. The molecule has 1 aliphatic heterocycles. The average Bonchev–Trinajstić information content (AvgIpc) is 2.75. The van der Waals surface area contributed by atoms with E-state index in [2.05, 4.69) is 5.32 Å². The largest absolute Gasteiger partial charge is 0.392 e. The summed E-state index contributed by atoms with van der Waals surface area (Å²) >= 11 is 0. The number of aliphatic hydroxyl groups excluding tert-OH is 1. The molecular weight excluding hydrogens is 230 g/mol. The number of aliphatic hydroxyl groups is 1. The molecule has 0 radical (unpaired) electrons. The van der Waals surface area contributed by atoms with E-state index in [1.54, 1.807) is 24.3 Å². The van der Waals surface area contributed by atoms with Gasteiger partial charge in [0.15, 0.2) is 0 Å². The number of rotatable bonds is 3. The van der Waals surface area contributed by atoms with Crippen molar-refractivity contribution in [3.05, 3.63) is 29.8 Å². The number of likely N-dealkylation sites (tertiary alicyclic amines) is 1. The summed E-state index contributed by atoms with van der Waals surface area (Å²) in [5.41, 5.74) is 0.983. The number of nitrogens with one attached hydrogen (secondary N) is 1. The second kappa shape index (κ2) is 5.63. The quantitative estimate of drug-likeness (QED) is 0.816. The molecule has 1 amide bonds. The van der Waals surface area contributed by atoms with E-state index in [0.29, 0.717) is 24.2 Å². The van der Waals surface area contributed by atoms with Gasteiger partial charge in [-0.15, -0.1) is 0 Å². The minimum atomic E-state index is -0.329. The lowest BCUT2D eigenvalue weighted by Crippen LogP contribution is -2.32. The molecule has 1 fully saturated rings. The fraction of sp³-hybridized carbons (Fsp3) is 0.385. The first kappa shape index (κ1) is 12.6. The van der Waals surface area contributed by atoms with Crippen LogP contribution in [0.5, 0.6) is 0 Å². The number of carbonyl (C=O) groups is 1. The molecule has 0 aliphatic carbocycles. The number of para-hydroxylation sites is 1. The summed E-state index contributed by atoms with van der Waals surface area (Å²) in [4.78, 5) is 13.7. The van der Waals surface area contributed by atoms with Crippen molar-refractivity contribution in [2.45, 2.75) is 12.5 Å². The molecule has 1 saturated heterocycles. The topological polar surface area (TPSA) is 76.4 Å². The molecule has 0 bridgehead atoms. The average molecular weight is 245 g/mol. The Morgan fingerprint density at radius 2 is 2.33 bits per heavy atom. The summed E-state index contributed by atoms with van der Waals surface area (Å²) in [7, 11) is 0. The Hall–Kier alpha value is -1.90. The van der Waals surface area contributed by atoms with Gasteiger partial charge in [-0.1, -0.05) is 12.1 Å². The molecule has 0 aromatic heterocycles. The van der Waals surface area contributed by atoms with E-state index in [1.165, 1.54) is 0 Å². The number of β-amino-alcohol motifs (C(OH)–C–C–N with tert-alkyl or cyclic N) is 1. The zero-order valence-corrected chi connectivity index (χ0v) is 9.97.